The summed E-state index contributed by atoms with van der Waals surface area (Å²) in [5.41, 5.74) is 1.94. The third-order valence-electron chi connectivity index (χ3n) is 4.74. The van der Waals surface area contributed by atoms with Crippen LogP contribution in [0.25, 0.3) is 0 Å². The van der Waals surface area contributed by atoms with Crippen LogP contribution in [0.5, 0.6) is 11.5 Å². The number of hydrogen-bond donors (Lipinski definition) is 2. The number of ether oxygens (including phenoxy) is 2. The molecule has 1 aromatic heterocycles. The molecule has 0 saturated heterocycles. The summed E-state index contributed by atoms with van der Waals surface area (Å²) in [5.74, 6) is 3.18. The summed E-state index contributed by atoms with van der Waals surface area (Å²) < 4.78 is 13.4. The lowest BCUT2D eigenvalue weighted by Crippen LogP contribution is -2.32. The van der Waals surface area contributed by atoms with E-state index < -0.39 is 0 Å². The van der Waals surface area contributed by atoms with Gasteiger partial charge in [0.05, 0.1) is 25.5 Å². The first kappa shape index (κ1) is 21.1. The number of aryl methyl sites for hydroxylation is 1. The van der Waals surface area contributed by atoms with Gasteiger partial charge in [0.25, 0.3) is 0 Å². The second kappa shape index (κ2) is 10.8. The van der Waals surface area contributed by atoms with Gasteiger partial charge in [-0.1, -0.05) is 18.2 Å². The molecular weight excluding hydrogens is 410 g/mol. The molecule has 0 saturated carbocycles. The fourth-order valence-corrected chi connectivity index (χ4v) is 3.88. The summed E-state index contributed by atoms with van der Waals surface area (Å²) in [6, 6.07) is 18.2. The SMILES string of the molecule is Cn1nccc1CN=C(NCCSc1ccccc1)Nc1ccc2c(c1)OCCCO2. The van der Waals surface area contributed by atoms with E-state index in [-0.39, 0.29) is 0 Å². The molecule has 0 amide bonds. The van der Waals surface area contributed by atoms with Gasteiger partial charge in [-0.3, -0.25) is 4.68 Å². The van der Waals surface area contributed by atoms with Crippen LogP contribution in [0.2, 0.25) is 0 Å². The van der Waals surface area contributed by atoms with Crippen molar-refractivity contribution in [2.75, 3.05) is 30.8 Å². The van der Waals surface area contributed by atoms with Crippen LogP contribution < -0.4 is 20.1 Å². The van der Waals surface area contributed by atoms with Crippen molar-refractivity contribution in [2.45, 2.75) is 17.9 Å². The molecule has 3 aromatic rings. The zero-order chi connectivity index (χ0) is 21.3. The second-order valence-electron chi connectivity index (χ2n) is 7.04. The van der Waals surface area contributed by atoms with Crippen LogP contribution >= 0.6 is 11.8 Å². The number of nitrogens with one attached hydrogen (secondary N) is 2. The van der Waals surface area contributed by atoms with Crippen LogP contribution in [-0.4, -0.2) is 41.3 Å². The maximum Gasteiger partial charge on any atom is 0.196 e. The Hall–Kier alpha value is -3.13. The minimum atomic E-state index is 0.530. The standard InChI is InChI=1S/C23H27N5O2S/c1-28-19(10-11-26-28)17-25-23(24-12-15-31-20-6-3-2-4-7-20)27-18-8-9-21-22(16-18)30-14-5-13-29-21/h2-4,6-11,16H,5,12-15,17H2,1H3,(H2,24,25,27). The third kappa shape index (κ3) is 6.18. The largest absolute Gasteiger partial charge is 0.490 e. The Labute approximate surface area is 186 Å². The minimum Gasteiger partial charge on any atom is -0.490 e. The van der Waals surface area contributed by atoms with Gasteiger partial charge in [-0.25, -0.2) is 4.99 Å². The Morgan fingerprint density at radius 3 is 2.74 bits per heavy atom. The molecule has 0 spiro atoms. The van der Waals surface area contributed by atoms with Gasteiger partial charge in [0.2, 0.25) is 0 Å². The highest BCUT2D eigenvalue weighted by atomic mass is 32.2. The van der Waals surface area contributed by atoms with Crippen LogP contribution in [0.3, 0.4) is 0 Å². The summed E-state index contributed by atoms with van der Waals surface area (Å²) in [7, 11) is 1.92. The van der Waals surface area contributed by atoms with Crippen LogP contribution in [0.15, 0.2) is 70.7 Å². The smallest absolute Gasteiger partial charge is 0.196 e. The maximum absolute atomic E-state index is 5.81. The molecule has 0 radical (unpaired) electrons. The summed E-state index contributed by atoms with van der Waals surface area (Å²) in [4.78, 5) is 6.01. The molecule has 2 aromatic carbocycles. The lowest BCUT2D eigenvalue weighted by molar-refractivity contribution is 0.297. The first-order chi connectivity index (χ1) is 15.3. The molecule has 0 bridgehead atoms. The molecule has 7 nitrogen and oxygen atoms in total. The molecule has 1 aliphatic heterocycles. The van der Waals surface area contributed by atoms with Gasteiger partial charge in [-0.15, -0.1) is 11.8 Å². The predicted octanol–water partition coefficient (Wildman–Crippen LogP) is 3.93. The zero-order valence-corrected chi connectivity index (χ0v) is 18.4. The monoisotopic (exact) mass is 437 g/mol. The van der Waals surface area contributed by atoms with Crippen molar-refractivity contribution in [3.63, 3.8) is 0 Å². The number of nitrogens with zero attached hydrogens (tertiary/aromatic N) is 3. The van der Waals surface area contributed by atoms with E-state index in [1.807, 2.05) is 53.8 Å². The van der Waals surface area contributed by atoms with Gasteiger partial charge in [0, 0.05) is 48.6 Å². The number of anilines is 1. The van der Waals surface area contributed by atoms with Gasteiger partial charge < -0.3 is 20.1 Å². The van der Waals surface area contributed by atoms with E-state index in [1.165, 1.54) is 4.90 Å². The van der Waals surface area contributed by atoms with Crippen LogP contribution in [0, 0.1) is 0 Å². The van der Waals surface area contributed by atoms with Crippen LogP contribution in [-0.2, 0) is 13.6 Å². The number of hydrogen-bond acceptors (Lipinski definition) is 5. The summed E-state index contributed by atoms with van der Waals surface area (Å²) in [6.45, 7) is 2.65. The van der Waals surface area contributed by atoms with Crippen molar-refractivity contribution in [2.24, 2.45) is 12.0 Å². The van der Waals surface area contributed by atoms with Crippen molar-refractivity contribution in [3.05, 3.63) is 66.5 Å². The number of aliphatic imine (C=N–C) groups is 1. The molecule has 2 heterocycles. The summed E-state index contributed by atoms with van der Waals surface area (Å²) >= 11 is 1.81. The number of guanidine groups is 1. The quantitative estimate of drug-likeness (QED) is 0.253. The van der Waals surface area contributed by atoms with Crippen molar-refractivity contribution in [1.82, 2.24) is 15.1 Å². The number of fused-ring (bicyclic) bond motifs is 1. The lowest BCUT2D eigenvalue weighted by Gasteiger charge is -2.14. The van der Waals surface area contributed by atoms with Crippen molar-refractivity contribution < 1.29 is 9.47 Å². The Morgan fingerprint density at radius 1 is 1.10 bits per heavy atom. The van der Waals surface area contributed by atoms with Gasteiger partial charge in [-0.05, 0) is 30.3 Å². The molecular formula is C23H27N5O2S. The highest BCUT2D eigenvalue weighted by Gasteiger charge is 2.11. The molecule has 1 aliphatic rings. The van der Waals surface area contributed by atoms with E-state index >= 15 is 0 Å². The average molecular weight is 438 g/mol. The van der Waals surface area contributed by atoms with Crippen LogP contribution in [0.4, 0.5) is 5.69 Å². The van der Waals surface area contributed by atoms with E-state index in [2.05, 4.69) is 40.0 Å². The lowest BCUT2D eigenvalue weighted by atomic mass is 10.3. The first-order valence-electron chi connectivity index (χ1n) is 10.4. The van der Waals surface area contributed by atoms with Gasteiger partial charge in [0.15, 0.2) is 17.5 Å². The highest BCUT2D eigenvalue weighted by molar-refractivity contribution is 7.99. The maximum atomic E-state index is 5.81. The Kier molecular flexibility index (Phi) is 7.33. The summed E-state index contributed by atoms with van der Waals surface area (Å²) in [5, 5.41) is 11.0. The number of thioether (sulfide) groups is 1. The third-order valence-corrected chi connectivity index (χ3v) is 5.75. The Morgan fingerprint density at radius 2 is 1.94 bits per heavy atom. The van der Waals surface area contributed by atoms with E-state index in [0.29, 0.717) is 25.7 Å². The van der Waals surface area contributed by atoms with E-state index in [9.17, 15) is 0 Å². The van der Waals surface area contributed by atoms with E-state index in [4.69, 9.17) is 14.5 Å². The normalized spacial score (nSPS) is 13.5. The fourth-order valence-electron chi connectivity index (χ4n) is 3.09. The highest BCUT2D eigenvalue weighted by Crippen LogP contribution is 2.32. The average Bonchev–Trinajstić information content (AvgIpc) is 3.06. The number of benzene rings is 2. The Balaban J connectivity index is 1.41. The molecule has 0 unspecified atom stereocenters. The number of rotatable bonds is 7. The predicted molar refractivity (Wildman–Crippen MR) is 125 cm³/mol. The van der Waals surface area contributed by atoms with Crippen molar-refractivity contribution in [3.8, 4) is 11.5 Å². The second-order valence-corrected chi connectivity index (χ2v) is 8.20. The molecule has 162 valence electrons. The fraction of sp³-hybridized carbons (Fsp3) is 0.304. The van der Waals surface area contributed by atoms with E-state index in [1.54, 1.807) is 6.20 Å². The van der Waals surface area contributed by atoms with Gasteiger partial charge in [0.1, 0.15) is 0 Å². The summed E-state index contributed by atoms with van der Waals surface area (Å²) in [6.07, 6.45) is 2.67. The van der Waals surface area contributed by atoms with Crippen molar-refractivity contribution >= 4 is 23.4 Å². The first-order valence-corrected chi connectivity index (χ1v) is 11.4. The molecule has 2 N–H and O–H groups in total. The minimum absolute atomic E-state index is 0.530. The van der Waals surface area contributed by atoms with E-state index in [0.717, 1.165) is 41.6 Å². The Bertz CT molecular complexity index is 1010. The number of aromatic nitrogens is 2. The molecule has 0 fully saturated rings. The zero-order valence-electron chi connectivity index (χ0n) is 17.6. The topological polar surface area (TPSA) is 72.7 Å². The molecule has 0 atom stereocenters. The van der Waals surface area contributed by atoms with Crippen molar-refractivity contribution in [1.29, 1.82) is 0 Å². The molecule has 0 aliphatic carbocycles. The molecule has 8 heteroatoms. The van der Waals surface area contributed by atoms with Gasteiger partial charge in [-0.2, -0.15) is 5.10 Å². The molecule has 31 heavy (non-hydrogen) atoms. The van der Waals surface area contributed by atoms with Gasteiger partial charge >= 0.3 is 0 Å². The van der Waals surface area contributed by atoms with Crippen LogP contribution in [0.1, 0.15) is 12.1 Å². The molecule has 4 rings (SSSR count).